The van der Waals surface area contributed by atoms with Gasteiger partial charge in [-0.1, -0.05) is 6.07 Å². The highest BCUT2D eigenvalue weighted by atomic mass is 16.2. The van der Waals surface area contributed by atoms with Crippen LogP contribution in [0.2, 0.25) is 0 Å². The van der Waals surface area contributed by atoms with Crippen LogP contribution in [0.1, 0.15) is 12.0 Å². The molecule has 0 aromatic carbocycles. The van der Waals surface area contributed by atoms with Crippen molar-refractivity contribution in [2.75, 3.05) is 24.5 Å². The third-order valence-electron chi connectivity index (χ3n) is 2.65. The molecule has 0 bridgehead atoms. The number of nitrogens with one attached hydrogen (secondary N) is 1. The molecule has 5 nitrogen and oxygen atoms in total. The van der Waals surface area contributed by atoms with E-state index in [9.17, 15) is 4.79 Å². The van der Waals surface area contributed by atoms with Gasteiger partial charge in [-0.3, -0.25) is 4.79 Å². The average Bonchev–Trinajstić information content (AvgIpc) is 2.54. The number of rotatable bonds is 2. The molecule has 2 rings (SSSR count). The monoisotopic (exact) mass is 220 g/mol. The molecule has 16 heavy (non-hydrogen) atoms. The Hall–Kier alpha value is -1.62. The summed E-state index contributed by atoms with van der Waals surface area (Å²) in [5.74, 6) is 0.883. The number of anilines is 1. The first-order valence-electron chi connectivity index (χ1n) is 5.47. The van der Waals surface area contributed by atoms with Crippen molar-refractivity contribution in [3.63, 3.8) is 0 Å². The lowest BCUT2D eigenvalue weighted by Crippen LogP contribution is -2.34. The van der Waals surface area contributed by atoms with E-state index in [0.717, 1.165) is 30.9 Å². The molecule has 3 N–H and O–H groups in total. The zero-order chi connectivity index (χ0) is 11.4. The molecule has 86 valence electrons. The summed E-state index contributed by atoms with van der Waals surface area (Å²) in [5, 5.41) is 2.84. The molecule has 0 atom stereocenters. The van der Waals surface area contributed by atoms with Gasteiger partial charge >= 0.3 is 0 Å². The Balaban J connectivity index is 2.24. The molecule has 1 aliphatic heterocycles. The molecule has 2 heterocycles. The highest BCUT2D eigenvalue weighted by Crippen LogP contribution is 2.17. The third-order valence-corrected chi connectivity index (χ3v) is 2.65. The molecule has 5 heteroatoms. The number of carbonyl (C=O) groups is 1. The van der Waals surface area contributed by atoms with Gasteiger partial charge in [0, 0.05) is 31.4 Å². The molecule has 0 aliphatic carbocycles. The van der Waals surface area contributed by atoms with Gasteiger partial charge in [-0.15, -0.1) is 0 Å². The zero-order valence-corrected chi connectivity index (χ0v) is 9.15. The number of aromatic nitrogens is 1. The van der Waals surface area contributed by atoms with Crippen LogP contribution in [0.5, 0.6) is 0 Å². The van der Waals surface area contributed by atoms with E-state index in [1.54, 1.807) is 6.20 Å². The number of amides is 1. The largest absolute Gasteiger partial charge is 0.354 e. The molecular formula is C11H16N4O. The van der Waals surface area contributed by atoms with E-state index in [-0.39, 0.29) is 5.91 Å². The Bertz CT molecular complexity index is 380. The zero-order valence-electron chi connectivity index (χ0n) is 9.15. The Morgan fingerprint density at radius 2 is 2.44 bits per heavy atom. The van der Waals surface area contributed by atoms with E-state index in [2.05, 4.69) is 10.3 Å². The first-order valence-corrected chi connectivity index (χ1v) is 5.47. The van der Waals surface area contributed by atoms with Crippen molar-refractivity contribution in [3.05, 3.63) is 23.9 Å². The van der Waals surface area contributed by atoms with Crippen molar-refractivity contribution in [3.8, 4) is 0 Å². The predicted octanol–water partition coefficient (Wildman–Crippen LogP) is -0.133. The molecule has 1 amide bonds. The number of hydrogen-bond acceptors (Lipinski definition) is 4. The van der Waals surface area contributed by atoms with E-state index >= 15 is 0 Å². The van der Waals surface area contributed by atoms with Crippen LogP contribution in [-0.2, 0) is 11.3 Å². The topological polar surface area (TPSA) is 71.2 Å². The van der Waals surface area contributed by atoms with E-state index < -0.39 is 0 Å². The van der Waals surface area contributed by atoms with Gasteiger partial charge in [0.05, 0.1) is 6.54 Å². The molecule has 0 saturated carbocycles. The maximum Gasteiger partial charge on any atom is 0.239 e. The second kappa shape index (κ2) is 4.94. The van der Waals surface area contributed by atoms with Gasteiger partial charge in [-0.25, -0.2) is 4.98 Å². The van der Waals surface area contributed by atoms with Gasteiger partial charge in [-0.2, -0.15) is 0 Å². The second-order valence-electron chi connectivity index (χ2n) is 3.82. The maximum absolute atomic E-state index is 11.5. The molecule has 1 aliphatic rings. The SMILES string of the molecule is NCc1cccnc1N1CCCNC(=O)C1. The molecule has 0 spiro atoms. The normalized spacial score (nSPS) is 16.8. The molecule has 0 unspecified atom stereocenters. The standard InChI is InChI=1S/C11H16N4O/c12-7-9-3-1-4-14-11(9)15-6-2-5-13-10(16)8-15/h1,3-4H,2,5-8,12H2,(H,13,16). The third kappa shape index (κ3) is 2.30. The summed E-state index contributed by atoms with van der Waals surface area (Å²) in [6.07, 6.45) is 2.67. The smallest absolute Gasteiger partial charge is 0.239 e. The quantitative estimate of drug-likeness (QED) is 0.728. The van der Waals surface area contributed by atoms with E-state index in [1.807, 2.05) is 17.0 Å². The lowest BCUT2D eigenvalue weighted by atomic mass is 10.2. The van der Waals surface area contributed by atoms with E-state index in [0.29, 0.717) is 13.1 Å². The lowest BCUT2D eigenvalue weighted by molar-refractivity contribution is -0.119. The fraction of sp³-hybridized carbons (Fsp3) is 0.455. The number of nitrogens with two attached hydrogens (primary N) is 1. The Morgan fingerprint density at radius 3 is 3.25 bits per heavy atom. The van der Waals surface area contributed by atoms with Crippen LogP contribution in [0.3, 0.4) is 0 Å². The Morgan fingerprint density at radius 1 is 1.56 bits per heavy atom. The van der Waals surface area contributed by atoms with E-state index in [4.69, 9.17) is 5.73 Å². The molecular weight excluding hydrogens is 204 g/mol. The molecule has 1 aromatic heterocycles. The number of nitrogens with zero attached hydrogens (tertiary/aromatic N) is 2. The molecule has 1 aromatic rings. The number of hydrogen-bond donors (Lipinski definition) is 2. The number of pyridine rings is 1. The summed E-state index contributed by atoms with van der Waals surface area (Å²) in [6.45, 7) is 2.38. The highest BCUT2D eigenvalue weighted by Gasteiger charge is 2.17. The van der Waals surface area contributed by atoms with Crippen LogP contribution in [0.25, 0.3) is 0 Å². The average molecular weight is 220 g/mol. The minimum atomic E-state index is 0.0473. The summed E-state index contributed by atoms with van der Waals surface area (Å²) in [7, 11) is 0. The summed E-state index contributed by atoms with van der Waals surface area (Å²) in [4.78, 5) is 17.8. The molecule has 1 fully saturated rings. The van der Waals surface area contributed by atoms with Crippen molar-refractivity contribution in [1.82, 2.24) is 10.3 Å². The summed E-state index contributed by atoms with van der Waals surface area (Å²) in [6, 6.07) is 3.81. The van der Waals surface area contributed by atoms with Crippen LogP contribution >= 0.6 is 0 Å². The van der Waals surface area contributed by atoms with Gasteiger partial charge < -0.3 is 16.0 Å². The first-order chi connectivity index (χ1) is 7.81. The van der Waals surface area contributed by atoms with E-state index in [1.165, 1.54) is 0 Å². The number of carbonyl (C=O) groups excluding carboxylic acids is 1. The second-order valence-corrected chi connectivity index (χ2v) is 3.82. The molecule has 1 saturated heterocycles. The summed E-state index contributed by atoms with van der Waals surface area (Å²) < 4.78 is 0. The van der Waals surface area contributed by atoms with Crippen LogP contribution in [0.15, 0.2) is 18.3 Å². The van der Waals surface area contributed by atoms with Crippen LogP contribution in [0.4, 0.5) is 5.82 Å². The highest BCUT2D eigenvalue weighted by molar-refractivity contribution is 5.81. The Labute approximate surface area is 94.6 Å². The van der Waals surface area contributed by atoms with Gasteiger partial charge in [-0.05, 0) is 12.5 Å². The molecule has 0 radical (unpaired) electrons. The fourth-order valence-electron chi connectivity index (χ4n) is 1.86. The predicted molar refractivity (Wildman–Crippen MR) is 62.0 cm³/mol. The fourth-order valence-corrected chi connectivity index (χ4v) is 1.86. The first kappa shape index (κ1) is 10.9. The Kier molecular flexibility index (Phi) is 3.36. The maximum atomic E-state index is 11.5. The van der Waals surface area contributed by atoms with Crippen molar-refractivity contribution in [2.45, 2.75) is 13.0 Å². The van der Waals surface area contributed by atoms with Crippen LogP contribution < -0.4 is 16.0 Å². The van der Waals surface area contributed by atoms with Crippen molar-refractivity contribution in [1.29, 1.82) is 0 Å². The minimum absolute atomic E-state index is 0.0473. The van der Waals surface area contributed by atoms with Crippen molar-refractivity contribution < 1.29 is 4.79 Å². The van der Waals surface area contributed by atoms with Crippen LogP contribution in [-0.4, -0.2) is 30.5 Å². The van der Waals surface area contributed by atoms with Gasteiger partial charge in [0.1, 0.15) is 5.82 Å². The minimum Gasteiger partial charge on any atom is -0.354 e. The van der Waals surface area contributed by atoms with Gasteiger partial charge in [0.15, 0.2) is 0 Å². The summed E-state index contributed by atoms with van der Waals surface area (Å²) in [5.41, 5.74) is 6.65. The lowest BCUT2D eigenvalue weighted by Gasteiger charge is -2.22. The van der Waals surface area contributed by atoms with Crippen LogP contribution in [0, 0.1) is 0 Å². The summed E-state index contributed by atoms with van der Waals surface area (Å²) >= 11 is 0. The van der Waals surface area contributed by atoms with Crippen molar-refractivity contribution >= 4 is 11.7 Å². The van der Waals surface area contributed by atoms with Crippen molar-refractivity contribution in [2.24, 2.45) is 5.73 Å². The van der Waals surface area contributed by atoms with Gasteiger partial charge in [0.2, 0.25) is 5.91 Å². The van der Waals surface area contributed by atoms with Gasteiger partial charge in [0.25, 0.3) is 0 Å².